The molecule has 0 bridgehead atoms. The molecule has 1 aliphatic heterocycles. The summed E-state index contributed by atoms with van der Waals surface area (Å²) in [5, 5.41) is 0. The first-order chi connectivity index (χ1) is 9.29. The zero-order valence-corrected chi connectivity index (χ0v) is 11.8. The molecule has 0 aromatic heterocycles. The van der Waals surface area contributed by atoms with Gasteiger partial charge in [0.2, 0.25) is 10.0 Å². The number of hydrogen-bond donors (Lipinski definition) is 1. The van der Waals surface area contributed by atoms with E-state index in [1.165, 1.54) is 0 Å². The SMILES string of the molecule is CS(=O)(=O)N1CC(=O)N(CCc2ccc(N)cc2)C1=O. The number of nitrogens with zero attached hydrogens (tertiary/aromatic N) is 2. The lowest BCUT2D eigenvalue weighted by Gasteiger charge is -2.15. The maximum atomic E-state index is 11.9. The van der Waals surface area contributed by atoms with Crippen LogP contribution in [0, 0.1) is 0 Å². The number of carbonyl (C=O) groups excluding carboxylic acids is 2. The van der Waals surface area contributed by atoms with Crippen LogP contribution >= 0.6 is 0 Å². The number of anilines is 1. The van der Waals surface area contributed by atoms with Crippen molar-refractivity contribution < 1.29 is 18.0 Å². The molecule has 1 aromatic rings. The maximum absolute atomic E-state index is 11.9. The summed E-state index contributed by atoms with van der Waals surface area (Å²) in [5.41, 5.74) is 7.11. The summed E-state index contributed by atoms with van der Waals surface area (Å²) < 4.78 is 23.3. The van der Waals surface area contributed by atoms with Crippen molar-refractivity contribution in [2.75, 3.05) is 25.1 Å². The van der Waals surface area contributed by atoms with Gasteiger partial charge in [0.1, 0.15) is 6.54 Å². The second-order valence-electron chi connectivity index (χ2n) is 4.59. The minimum absolute atomic E-state index is 0.146. The van der Waals surface area contributed by atoms with Gasteiger partial charge in [-0.05, 0) is 24.1 Å². The van der Waals surface area contributed by atoms with Crippen molar-refractivity contribution in [1.82, 2.24) is 9.21 Å². The first kappa shape index (κ1) is 14.3. The van der Waals surface area contributed by atoms with Crippen molar-refractivity contribution in [3.63, 3.8) is 0 Å². The Morgan fingerprint density at radius 2 is 1.80 bits per heavy atom. The molecule has 8 heteroatoms. The van der Waals surface area contributed by atoms with Gasteiger partial charge in [0.25, 0.3) is 5.91 Å². The summed E-state index contributed by atoms with van der Waals surface area (Å²) >= 11 is 0. The molecule has 1 aliphatic rings. The van der Waals surface area contributed by atoms with E-state index in [1.54, 1.807) is 24.3 Å². The molecule has 0 radical (unpaired) electrons. The summed E-state index contributed by atoms with van der Waals surface area (Å²) in [7, 11) is -3.70. The smallest absolute Gasteiger partial charge is 0.340 e. The van der Waals surface area contributed by atoms with Crippen molar-refractivity contribution >= 4 is 27.6 Å². The fraction of sp³-hybridized carbons (Fsp3) is 0.333. The van der Waals surface area contributed by atoms with Gasteiger partial charge < -0.3 is 5.73 Å². The summed E-state index contributed by atoms with van der Waals surface area (Å²) in [6, 6.07) is 6.27. The van der Waals surface area contributed by atoms with Gasteiger partial charge in [-0.25, -0.2) is 17.5 Å². The molecule has 20 heavy (non-hydrogen) atoms. The second-order valence-corrected chi connectivity index (χ2v) is 6.50. The molecular weight excluding hydrogens is 282 g/mol. The van der Waals surface area contributed by atoms with Crippen LogP contribution in [-0.2, 0) is 21.2 Å². The van der Waals surface area contributed by atoms with Crippen molar-refractivity contribution in [3.8, 4) is 0 Å². The monoisotopic (exact) mass is 297 g/mol. The lowest BCUT2D eigenvalue weighted by molar-refractivity contribution is -0.125. The van der Waals surface area contributed by atoms with Gasteiger partial charge in [0, 0.05) is 12.2 Å². The predicted octanol–water partition coefficient (Wildman–Crippen LogP) is 0.0351. The average Bonchev–Trinajstić information content (AvgIpc) is 2.64. The third-order valence-corrected chi connectivity index (χ3v) is 4.11. The van der Waals surface area contributed by atoms with Crippen molar-refractivity contribution in [1.29, 1.82) is 0 Å². The molecule has 1 aromatic carbocycles. The highest BCUT2D eigenvalue weighted by Gasteiger charge is 2.40. The minimum atomic E-state index is -3.70. The zero-order chi connectivity index (χ0) is 14.9. The lowest BCUT2D eigenvalue weighted by atomic mass is 10.1. The zero-order valence-electron chi connectivity index (χ0n) is 10.9. The van der Waals surface area contributed by atoms with E-state index >= 15 is 0 Å². The van der Waals surface area contributed by atoms with Gasteiger partial charge >= 0.3 is 6.03 Å². The summed E-state index contributed by atoms with van der Waals surface area (Å²) in [4.78, 5) is 24.5. The van der Waals surface area contributed by atoms with Crippen LogP contribution in [-0.4, -0.2) is 48.9 Å². The minimum Gasteiger partial charge on any atom is -0.399 e. The molecule has 0 aliphatic carbocycles. The van der Waals surface area contributed by atoms with E-state index < -0.39 is 28.5 Å². The van der Waals surface area contributed by atoms with Crippen LogP contribution in [0.5, 0.6) is 0 Å². The molecule has 1 fully saturated rings. The molecule has 2 N–H and O–H groups in total. The van der Waals surface area contributed by atoms with Crippen LogP contribution in [0.4, 0.5) is 10.5 Å². The van der Waals surface area contributed by atoms with Gasteiger partial charge in [-0.2, -0.15) is 0 Å². The molecule has 0 atom stereocenters. The molecule has 108 valence electrons. The second kappa shape index (κ2) is 5.12. The number of sulfonamides is 1. The topological polar surface area (TPSA) is 101 Å². The van der Waals surface area contributed by atoms with E-state index in [1.807, 2.05) is 0 Å². The Bertz CT molecular complexity index is 639. The maximum Gasteiger partial charge on any atom is 0.340 e. The summed E-state index contributed by atoms with van der Waals surface area (Å²) in [5.74, 6) is -0.504. The molecule has 0 unspecified atom stereocenters. The summed E-state index contributed by atoms with van der Waals surface area (Å²) in [6.45, 7) is -0.271. The van der Waals surface area contributed by atoms with E-state index in [-0.39, 0.29) is 6.54 Å². The van der Waals surface area contributed by atoms with Gasteiger partial charge in [0.15, 0.2) is 0 Å². The molecule has 0 spiro atoms. The number of urea groups is 1. The fourth-order valence-electron chi connectivity index (χ4n) is 1.92. The number of imide groups is 1. The number of nitrogens with two attached hydrogens (primary N) is 1. The number of amides is 3. The highest BCUT2D eigenvalue weighted by Crippen LogP contribution is 2.15. The standard InChI is InChI=1S/C12H15N3O4S/c1-20(18,19)15-8-11(16)14(12(15)17)7-6-9-2-4-10(13)5-3-9/h2-5H,6-8,13H2,1H3. The van der Waals surface area contributed by atoms with Gasteiger partial charge in [0.05, 0.1) is 6.26 Å². The fourth-order valence-corrected chi connectivity index (χ4v) is 2.65. The lowest BCUT2D eigenvalue weighted by Crippen LogP contribution is -2.36. The van der Waals surface area contributed by atoms with Crippen molar-refractivity contribution in [3.05, 3.63) is 29.8 Å². The quantitative estimate of drug-likeness (QED) is 0.624. The summed E-state index contributed by atoms with van der Waals surface area (Å²) in [6.07, 6.45) is 1.36. The Morgan fingerprint density at radius 1 is 1.20 bits per heavy atom. The third-order valence-electron chi connectivity index (χ3n) is 3.03. The van der Waals surface area contributed by atoms with Crippen molar-refractivity contribution in [2.24, 2.45) is 0 Å². The van der Waals surface area contributed by atoms with E-state index in [2.05, 4.69) is 0 Å². The molecule has 1 saturated heterocycles. The first-order valence-corrected chi connectivity index (χ1v) is 7.80. The molecule has 1 heterocycles. The van der Waals surface area contributed by atoms with Crippen LogP contribution in [0.1, 0.15) is 5.56 Å². The largest absolute Gasteiger partial charge is 0.399 e. The Labute approximate surface area is 117 Å². The Hall–Kier alpha value is -2.09. The number of hydrogen-bond acceptors (Lipinski definition) is 5. The predicted molar refractivity (Wildman–Crippen MR) is 73.2 cm³/mol. The first-order valence-electron chi connectivity index (χ1n) is 5.95. The molecule has 7 nitrogen and oxygen atoms in total. The van der Waals surface area contributed by atoms with Gasteiger partial charge in [-0.3, -0.25) is 9.69 Å². The highest BCUT2D eigenvalue weighted by molar-refractivity contribution is 7.88. The van der Waals surface area contributed by atoms with Crippen LogP contribution in [0.15, 0.2) is 24.3 Å². The molecular formula is C12H15N3O4S. The van der Waals surface area contributed by atoms with Gasteiger partial charge in [-0.1, -0.05) is 12.1 Å². The van der Waals surface area contributed by atoms with Crippen LogP contribution in [0.25, 0.3) is 0 Å². The molecule has 3 amide bonds. The Balaban J connectivity index is 2.05. The van der Waals surface area contributed by atoms with E-state index in [4.69, 9.17) is 5.73 Å². The Kier molecular flexibility index (Phi) is 3.67. The molecule has 0 saturated carbocycles. The van der Waals surface area contributed by atoms with E-state index in [0.29, 0.717) is 16.4 Å². The Morgan fingerprint density at radius 3 is 2.30 bits per heavy atom. The number of carbonyl (C=O) groups is 2. The van der Waals surface area contributed by atoms with Crippen LogP contribution < -0.4 is 5.73 Å². The average molecular weight is 297 g/mol. The molecule has 2 rings (SSSR count). The van der Waals surface area contributed by atoms with Crippen molar-refractivity contribution in [2.45, 2.75) is 6.42 Å². The van der Waals surface area contributed by atoms with E-state index in [0.717, 1.165) is 16.7 Å². The number of nitrogen functional groups attached to an aromatic ring is 1. The van der Waals surface area contributed by atoms with E-state index in [9.17, 15) is 18.0 Å². The highest BCUT2D eigenvalue weighted by atomic mass is 32.2. The van der Waals surface area contributed by atoms with Crippen LogP contribution in [0.3, 0.4) is 0 Å². The number of rotatable bonds is 4. The van der Waals surface area contributed by atoms with Crippen LogP contribution in [0.2, 0.25) is 0 Å². The van der Waals surface area contributed by atoms with Gasteiger partial charge in [-0.15, -0.1) is 0 Å². The number of benzene rings is 1. The normalized spacial score (nSPS) is 16.1. The third kappa shape index (κ3) is 2.90.